The minimum Gasteiger partial charge on any atom is -0.459 e. The molecule has 8 heteroatoms. The average molecular weight is 393 g/mol. The molecule has 4 rings (SSSR count). The largest absolute Gasteiger partial charge is 0.459 e. The molecule has 0 aromatic carbocycles. The molecule has 1 N–H and O–H groups in total. The number of carbonyl (C=O) groups is 1. The molecule has 2 aromatic rings. The maximum atomic E-state index is 12.0. The van der Waals surface area contributed by atoms with Gasteiger partial charge < -0.3 is 19.4 Å². The fourth-order valence-electron chi connectivity index (χ4n) is 4.00. The summed E-state index contributed by atoms with van der Waals surface area (Å²) >= 11 is 5.91. The van der Waals surface area contributed by atoms with Crippen LogP contribution in [-0.4, -0.2) is 58.5 Å². The Hall–Kier alpha value is -1.83. The summed E-state index contributed by atoms with van der Waals surface area (Å²) in [7, 11) is 0. The van der Waals surface area contributed by atoms with Crippen molar-refractivity contribution in [3.63, 3.8) is 0 Å². The summed E-state index contributed by atoms with van der Waals surface area (Å²) in [5.74, 6) is 0.160. The second-order valence-corrected chi connectivity index (χ2v) is 7.85. The highest BCUT2D eigenvalue weighted by atomic mass is 35.5. The van der Waals surface area contributed by atoms with Crippen molar-refractivity contribution in [2.45, 2.75) is 43.9 Å². The number of rotatable bonds is 6. The third-order valence-corrected chi connectivity index (χ3v) is 5.78. The number of likely N-dealkylation sites (tertiary alicyclic amines) is 1. The minimum atomic E-state index is -0.182. The minimum absolute atomic E-state index is 0.0222. The van der Waals surface area contributed by atoms with Crippen molar-refractivity contribution in [1.82, 2.24) is 20.0 Å². The van der Waals surface area contributed by atoms with Gasteiger partial charge in [-0.2, -0.15) is 5.10 Å². The highest BCUT2D eigenvalue weighted by molar-refractivity contribution is 6.30. The van der Waals surface area contributed by atoms with Crippen molar-refractivity contribution < 1.29 is 13.9 Å². The van der Waals surface area contributed by atoms with Crippen LogP contribution in [0.2, 0.25) is 5.02 Å². The van der Waals surface area contributed by atoms with Crippen LogP contribution in [0.15, 0.2) is 35.2 Å². The van der Waals surface area contributed by atoms with E-state index in [4.69, 9.17) is 20.8 Å². The van der Waals surface area contributed by atoms with Gasteiger partial charge in [0, 0.05) is 32.4 Å². The molecule has 0 aliphatic carbocycles. The van der Waals surface area contributed by atoms with Crippen LogP contribution < -0.4 is 5.32 Å². The molecule has 27 heavy (non-hydrogen) atoms. The van der Waals surface area contributed by atoms with Gasteiger partial charge in [0.15, 0.2) is 5.76 Å². The topological polar surface area (TPSA) is 72.5 Å². The first-order valence-corrected chi connectivity index (χ1v) is 9.90. The first kappa shape index (κ1) is 18.5. The fraction of sp³-hybridized carbons (Fsp3) is 0.579. The molecule has 0 radical (unpaired) electrons. The monoisotopic (exact) mass is 392 g/mol. The Labute approximate surface area is 163 Å². The summed E-state index contributed by atoms with van der Waals surface area (Å²) in [5.41, 5.74) is -0.0222. The molecule has 2 saturated heterocycles. The van der Waals surface area contributed by atoms with Crippen LogP contribution in [0.3, 0.4) is 0 Å². The third kappa shape index (κ3) is 4.54. The molecule has 1 unspecified atom stereocenters. The van der Waals surface area contributed by atoms with Gasteiger partial charge in [0.1, 0.15) is 0 Å². The van der Waals surface area contributed by atoms with Crippen LogP contribution in [0, 0.1) is 0 Å². The first-order chi connectivity index (χ1) is 13.1. The molecule has 0 saturated carbocycles. The third-order valence-electron chi connectivity index (χ3n) is 5.59. The van der Waals surface area contributed by atoms with Crippen molar-refractivity contribution in [2.75, 3.05) is 26.2 Å². The van der Waals surface area contributed by atoms with Crippen molar-refractivity contribution in [2.24, 2.45) is 0 Å². The molecule has 7 nitrogen and oxygen atoms in total. The molecular weight excluding hydrogens is 368 g/mol. The lowest BCUT2D eigenvalue weighted by Gasteiger charge is -2.39. The van der Waals surface area contributed by atoms with E-state index >= 15 is 0 Å². The van der Waals surface area contributed by atoms with E-state index in [9.17, 15) is 4.79 Å². The molecule has 1 atom stereocenters. The van der Waals surface area contributed by atoms with Crippen LogP contribution in [0.25, 0.3) is 0 Å². The van der Waals surface area contributed by atoms with Crippen molar-refractivity contribution in [1.29, 1.82) is 0 Å². The maximum absolute atomic E-state index is 12.0. The van der Waals surface area contributed by atoms with Crippen LogP contribution in [-0.2, 0) is 11.3 Å². The van der Waals surface area contributed by atoms with Gasteiger partial charge in [0.25, 0.3) is 5.91 Å². The van der Waals surface area contributed by atoms with Gasteiger partial charge in [0.2, 0.25) is 0 Å². The number of hydrogen-bond acceptors (Lipinski definition) is 5. The highest BCUT2D eigenvalue weighted by Gasteiger charge is 2.42. The van der Waals surface area contributed by atoms with E-state index in [1.165, 1.54) is 6.26 Å². The predicted octanol–water partition coefficient (Wildman–Crippen LogP) is 2.57. The lowest BCUT2D eigenvalue weighted by molar-refractivity contribution is -0.0757. The van der Waals surface area contributed by atoms with Crippen LogP contribution in [0.5, 0.6) is 0 Å². The van der Waals surface area contributed by atoms with Crippen molar-refractivity contribution in [3.8, 4) is 0 Å². The van der Waals surface area contributed by atoms with E-state index in [1.54, 1.807) is 18.3 Å². The molecule has 1 spiro atoms. The van der Waals surface area contributed by atoms with Gasteiger partial charge in [-0.05, 0) is 37.8 Å². The molecule has 4 heterocycles. The number of nitrogens with one attached hydrogen (secondary N) is 1. The van der Waals surface area contributed by atoms with E-state index in [2.05, 4.69) is 15.3 Å². The Morgan fingerprint density at radius 2 is 2.19 bits per heavy atom. The summed E-state index contributed by atoms with van der Waals surface area (Å²) in [6.07, 6.45) is 9.25. The summed E-state index contributed by atoms with van der Waals surface area (Å²) in [5, 5.41) is 7.81. The van der Waals surface area contributed by atoms with Crippen LogP contribution in [0.4, 0.5) is 0 Å². The van der Waals surface area contributed by atoms with Gasteiger partial charge in [-0.3, -0.25) is 9.48 Å². The number of halogens is 1. The Bertz CT molecular complexity index is 753. The van der Waals surface area contributed by atoms with E-state index in [0.717, 1.165) is 51.9 Å². The second kappa shape index (κ2) is 8.04. The lowest BCUT2D eigenvalue weighted by atomic mass is 9.88. The molecule has 2 aliphatic rings. The summed E-state index contributed by atoms with van der Waals surface area (Å²) < 4.78 is 13.4. The van der Waals surface area contributed by atoms with Gasteiger partial charge in [-0.25, -0.2) is 0 Å². The molecule has 2 aliphatic heterocycles. The zero-order chi connectivity index (χ0) is 18.7. The summed E-state index contributed by atoms with van der Waals surface area (Å²) in [6, 6.07) is 3.38. The molecule has 2 fully saturated rings. The molecule has 1 amide bonds. The van der Waals surface area contributed by atoms with E-state index in [0.29, 0.717) is 17.3 Å². The average Bonchev–Trinajstić information content (AvgIpc) is 3.41. The zero-order valence-corrected chi connectivity index (χ0v) is 16.0. The Kier molecular flexibility index (Phi) is 5.52. The number of piperidine rings is 1. The first-order valence-electron chi connectivity index (χ1n) is 9.52. The zero-order valence-electron chi connectivity index (χ0n) is 15.3. The SMILES string of the molecule is O=C(NCC1CCC2(CCN(CCn3cc(Cl)cn3)CC2)O1)c1ccco1. The number of hydrogen-bond donors (Lipinski definition) is 1. The lowest BCUT2D eigenvalue weighted by Crippen LogP contribution is -2.46. The fourth-order valence-corrected chi connectivity index (χ4v) is 4.15. The Balaban J connectivity index is 1.19. The molecule has 146 valence electrons. The Morgan fingerprint density at radius 1 is 1.33 bits per heavy atom. The standard InChI is InChI=1S/C19H25ClN4O3/c20-15-12-22-24(14-15)10-9-23-7-5-19(6-8-23)4-3-16(27-19)13-21-18(25)17-2-1-11-26-17/h1-2,11-12,14,16H,3-10,13H2,(H,21,25). The number of carbonyl (C=O) groups excluding carboxylic acids is 1. The Morgan fingerprint density at radius 3 is 2.89 bits per heavy atom. The maximum Gasteiger partial charge on any atom is 0.287 e. The van der Waals surface area contributed by atoms with Crippen molar-refractivity contribution in [3.05, 3.63) is 41.6 Å². The van der Waals surface area contributed by atoms with Crippen molar-refractivity contribution >= 4 is 17.5 Å². The predicted molar refractivity (Wildman–Crippen MR) is 101 cm³/mol. The quantitative estimate of drug-likeness (QED) is 0.818. The highest BCUT2D eigenvalue weighted by Crippen LogP contribution is 2.38. The number of nitrogens with zero attached hydrogens (tertiary/aromatic N) is 3. The van der Waals surface area contributed by atoms with Crippen LogP contribution in [0.1, 0.15) is 36.2 Å². The number of furan rings is 1. The van der Waals surface area contributed by atoms with Gasteiger partial charge in [-0.1, -0.05) is 11.6 Å². The van der Waals surface area contributed by atoms with Gasteiger partial charge >= 0.3 is 0 Å². The number of amides is 1. The van der Waals surface area contributed by atoms with Crippen LogP contribution >= 0.6 is 11.6 Å². The van der Waals surface area contributed by atoms with E-state index in [-0.39, 0.29) is 17.6 Å². The molecule has 0 bridgehead atoms. The summed E-state index contributed by atoms with van der Waals surface area (Å²) in [4.78, 5) is 14.4. The normalized spacial score (nSPS) is 22.3. The van der Waals surface area contributed by atoms with E-state index in [1.807, 2.05) is 10.9 Å². The summed E-state index contributed by atoms with van der Waals surface area (Å²) in [6.45, 7) is 4.41. The number of ether oxygens (including phenoxy) is 1. The second-order valence-electron chi connectivity index (χ2n) is 7.41. The van der Waals surface area contributed by atoms with Gasteiger partial charge in [0.05, 0.1) is 35.7 Å². The van der Waals surface area contributed by atoms with Gasteiger partial charge in [-0.15, -0.1) is 0 Å². The molecular formula is C19H25ClN4O3. The smallest absolute Gasteiger partial charge is 0.287 e. The van der Waals surface area contributed by atoms with E-state index < -0.39 is 0 Å². The molecule has 2 aromatic heterocycles. The number of aromatic nitrogens is 2.